The number of rotatable bonds is 1. The highest BCUT2D eigenvalue weighted by atomic mass is 32.2. The molecule has 1 unspecified atom stereocenters. The molecule has 1 aromatic rings. The summed E-state index contributed by atoms with van der Waals surface area (Å²) in [5, 5.41) is 0. The fourth-order valence-electron chi connectivity index (χ4n) is 2.60. The molecule has 1 heterocycles. The summed E-state index contributed by atoms with van der Waals surface area (Å²) in [5.74, 6) is -7.45. The number of alkyl halides is 3. The van der Waals surface area contributed by atoms with Crippen molar-refractivity contribution in [1.29, 1.82) is 0 Å². The molecule has 2 aliphatic rings. The molecule has 0 radical (unpaired) electrons. The van der Waals surface area contributed by atoms with Gasteiger partial charge in [-0.3, -0.25) is 0 Å². The minimum absolute atomic E-state index is 0. The lowest BCUT2D eigenvalue weighted by molar-refractivity contribution is -0.308. The van der Waals surface area contributed by atoms with Crippen molar-refractivity contribution in [2.75, 3.05) is 19.5 Å². The van der Waals surface area contributed by atoms with Gasteiger partial charge < -0.3 is 9.47 Å². The first-order valence-electron chi connectivity index (χ1n) is 5.62. The van der Waals surface area contributed by atoms with Crippen LogP contribution in [0.5, 0.6) is 0 Å². The van der Waals surface area contributed by atoms with Gasteiger partial charge >= 0.3 is 5.92 Å². The van der Waals surface area contributed by atoms with E-state index >= 15 is 0 Å². The van der Waals surface area contributed by atoms with E-state index in [-0.39, 0.29) is 32.3 Å². The van der Waals surface area contributed by atoms with Crippen LogP contribution >= 0.6 is 25.3 Å². The second kappa shape index (κ2) is 5.08. The Morgan fingerprint density at radius 3 is 2.40 bits per heavy atom. The lowest BCUT2D eigenvalue weighted by Gasteiger charge is -2.30. The van der Waals surface area contributed by atoms with Crippen LogP contribution in [0.3, 0.4) is 0 Å². The van der Waals surface area contributed by atoms with Gasteiger partial charge in [0.15, 0.2) is 6.17 Å². The molecule has 1 atom stereocenters. The van der Waals surface area contributed by atoms with Gasteiger partial charge in [0.05, 0.1) is 13.2 Å². The van der Waals surface area contributed by atoms with Crippen molar-refractivity contribution < 1.29 is 27.0 Å². The quantitative estimate of drug-likeness (QED) is 0.580. The van der Waals surface area contributed by atoms with Crippen molar-refractivity contribution in [2.24, 2.45) is 0 Å². The molecule has 0 saturated carbocycles. The first-order chi connectivity index (χ1) is 8.95. The van der Waals surface area contributed by atoms with E-state index in [0.717, 1.165) is 17.8 Å². The molecule has 0 bridgehead atoms. The first-order valence-corrected chi connectivity index (χ1v) is 6.85. The van der Waals surface area contributed by atoms with E-state index in [1.807, 2.05) is 0 Å². The predicted molar refractivity (Wildman–Crippen MR) is 70.9 cm³/mol. The zero-order valence-corrected chi connectivity index (χ0v) is 12.2. The lowest BCUT2D eigenvalue weighted by atomic mass is 10.1. The maximum Gasteiger partial charge on any atom is 0.340 e. The molecule has 112 valence electrons. The molecule has 1 aliphatic carbocycles. The van der Waals surface area contributed by atoms with Crippen molar-refractivity contribution in [2.45, 2.75) is 22.8 Å². The van der Waals surface area contributed by atoms with Crippen molar-refractivity contribution >= 4 is 25.3 Å². The molecular formula is C12H12F4O2S2. The van der Waals surface area contributed by atoms with E-state index in [0.29, 0.717) is 4.90 Å². The molecule has 8 heteroatoms. The number of hydrogen-bond acceptors (Lipinski definition) is 3. The largest absolute Gasteiger partial charge is 0.340 e. The van der Waals surface area contributed by atoms with Crippen molar-refractivity contribution in [3.63, 3.8) is 0 Å². The summed E-state index contributed by atoms with van der Waals surface area (Å²) in [6.45, 7) is -0.155. The van der Waals surface area contributed by atoms with Crippen LogP contribution in [0.1, 0.15) is 17.3 Å². The number of hydrogen-bond donors (Lipinski definition) is 0. The predicted octanol–water partition coefficient (Wildman–Crippen LogP) is 3.52. The van der Waals surface area contributed by atoms with E-state index in [9.17, 15) is 17.6 Å². The first kappa shape index (κ1) is 15.9. The topological polar surface area (TPSA) is 18.5 Å². The smallest absolute Gasteiger partial charge is 0.339 e. The van der Waals surface area contributed by atoms with E-state index in [1.54, 1.807) is 6.26 Å². The van der Waals surface area contributed by atoms with Gasteiger partial charge in [0.25, 0.3) is 5.79 Å². The molecule has 0 aromatic heterocycles. The van der Waals surface area contributed by atoms with Gasteiger partial charge in [-0.25, -0.2) is 8.78 Å². The zero-order valence-electron chi connectivity index (χ0n) is 10.4. The summed E-state index contributed by atoms with van der Waals surface area (Å²) in [5.41, 5.74) is -0.867. The second-order valence-electron chi connectivity index (χ2n) is 4.34. The number of ether oxygens (including phenoxy) is 2. The average molecular weight is 328 g/mol. The van der Waals surface area contributed by atoms with E-state index in [2.05, 4.69) is 0 Å². The minimum Gasteiger partial charge on any atom is -0.339 e. The SMILES string of the molecule is CSc1ccc(F)c2c1C1(OCCO1)C(F)(F)C2F.S. The third-order valence-corrected chi connectivity index (χ3v) is 4.19. The number of thioether (sulfide) groups is 1. The van der Waals surface area contributed by atoms with Crippen LogP contribution in [0.2, 0.25) is 0 Å². The molecule has 1 fully saturated rings. The molecule has 0 N–H and O–H groups in total. The number of fused-ring (bicyclic) bond motifs is 2. The molecular weight excluding hydrogens is 316 g/mol. The summed E-state index contributed by atoms with van der Waals surface area (Å²) < 4.78 is 66.2. The Hall–Kier alpha value is -0.440. The zero-order chi connectivity index (χ0) is 13.8. The fourth-order valence-corrected chi connectivity index (χ4v) is 3.25. The van der Waals surface area contributed by atoms with Gasteiger partial charge in [-0.05, 0) is 18.4 Å². The third-order valence-electron chi connectivity index (χ3n) is 3.41. The fraction of sp³-hybridized carbons (Fsp3) is 0.500. The standard InChI is InChI=1S/C12H10F4O2S.H2S/c1-19-7-3-2-6(13)8-9(7)12(17-4-5-18-12)11(15,16)10(8)14;/h2-3,10H,4-5H2,1H3;1H2. The van der Waals surface area contributed by atoms with Crippen LogP contribution in [-0.2, 0) is 15.3 Å². The molecule has 1 aliphatic heterocycles. The minimum atomic E-state index is -3.95. The highest BCUT2D eigenvalue weighted by Crippen LogP contribution is 2.61. The Bertz CT molecular complexity index is 532. The van der Waals surface area contributed by atoms with Gasteiger partial charge in [-0.2, -0.15) is 22.3 Å². The van der Waals surface area contributed by atoms with Crippen LogP contribution < -0.4 is 0 Å². The van der Waals surface area contributed by atoms with Crippen molar-refractivity contribution in [1.82, 2.24) is 0 Å². The Kier molecular flexibility index (Phi) is 4.05. The summed E-state index contributed by atoms with van der Waals surface area (Å²) in [7, 11) is 0. The third kappa shape index (κ3) is 1.74. The highest BCUT2D eigenvalue weighted by molar-refractivity contribution is 7.98. The molecule has 2 nitrogen and oxygen atoms in total. The van der Waals surface area contributed by atoms with E-state index < -0.39 is 29.3 Å². The number of benzene rings is 1. The van der Waals surface area contributed by atoms with Crippen LogP contribution in [-0.4, -0.2) is 25.4 Å². The Morgan fingerprint density at radius 2 is 1.85 bits per heavy atom. The second-order valence-corrected chi connectivity index (χ2v) is 5.19. The van der Waals surface area contributed by atoms with Gasteiger partial charge in [0.2, 0.25) is 0 Å². The van der Waals surface area contributed by atoms with Gasteiger partial charge in [-0.1, -0.05) is 0 Å². The van der Waals surface area contributed by atoms with Crippen LogP contribution in [0.15, 0.2) is 17.0 Å². The summed E-state index contributed by atoms with van der Waals surface area (Å²) in [4.78, 5) is 0.332. The summed E-state index contributed by atoms with van der Waals surface area (Å²) in [6, 6.07) is 2.32. The normalized spacial score (nSPS) is 25.6. The maximum atomic E-state index is 14.2. The lowest BCUT2D eigenvalue weighted by Crippen LogP contribution is -2.44. The molecule has 20 heavy (non-hydrogen) atoms. The van der Waals surface area contributed by atoms with E-state index in [4.69, 9.17) is 9.47 Å². The molecule has 1 spiro atoms. The number of halogens is 4. The summed E-state index contributed by atoms with van der Waals surface area (Å²) in [6.07, 6.45) is -1.13. The van der Waals surface area contributed by atoms with Gasteiger partial charge in [-0.15, -0.1) is 11.8 Å². The van der Waals surface area contributed by atoms with Gasteiger partial charge in [0.1, 0.15) is 5.82 Å². The van der Waals surface area contributed by atoms with E-state index in [1.165, 1.54) is 6.07 Å². The molecule has 1 saturated heterocycles. The van der Waals surface area contributed by atoms with Crippen LogP contribution in [0.4, 0.5) is 17.6 Å². The Morgan fingerprint density at radius 1 is 1.25 bits per heavy atom. The maximum absolute atomic E-state index is 14.2. The molecule has 3 rings (SSSR count). The summed E-state index contributed by atoms with van der Waals surface area (Å²) >= 11 is 1.12. The van der Waals surface area contributed by atoms with Crippen molar-refractivity contribution in [3.05, 3.63) is 29.1 Å². The Labute approximate surface area is 124 Å². The van der Waals surface area contributed by atoms with Gasteiger partial charge in [0, 0.05) is 16.0 Å². The monoisotopic (exact) mass is 328 g/mol. The molecule has 1 aromatic carbocycles. The molecule has 0 amide bonds. The van der Waals surface area contributed by atoms with Crippen molar-refractivity contribution in [3.8, 4) is 0 Å². The Balaban J connectivity index is 0.00000147. The van der Waals surface area contributed by atoms with Crippen LogP contribution in [0.25, 0.3) is 0 Å². The highest BCUT2D eigenvalue weighted by Gasteiger charge is 2.72. The van der Waals surface area contributed by atoms with Crippen LogP contribution in [0, 0.1) is 5.82 Å². The average Bonchev–Trinajstić information content (AvgIpc) is 2.93.